The Labute approximate surface area is 115 Å². The summed E-state index contributed by atoms with van der Waals surface area (Å²) in [5, 5.41) is 8.16. The molecule has 102 valence electrons. The first-order chi connectivity index (χ1) is 8.83. The van der Waals surface area contributed by atoms with Gasteiger partial charge in [0.15, 0.2) is 0 Å². The Kier molecular flexibility index (Phi) is 5.57. The summed E-state index contributed by atoms with van der Waals surface area (Å²) in [6, 6.07) is 3.42. The summed E-state index contributed by atoms with van der Waals surface area (Å²) in [6.45, 7) is 0. The van der Waals surface area contributed by atoms with E-state index in [4.69, 9.17) is 5.10 Å². The van der Waals surface area contributed by atoms with Gasteiger partial charge < -0.3 is 5.32 Å². The third-order valence-electron chi connectivity index (χ3n) is 3.90. The number of nitrogens with zero attached hydrogens (tertiary/aromatic N) is 2. The summed E-state index contributed by atoms with van der Waals surface area (Å²) in [6.07, 6.45) is 12.0. The third-order valence-corrected chi connectivity index (χ3v) is 4.54. The van der Waals surface area contributed by atoms with Crippen LogP contribution < -0.4 is 5.32 Å². The van der Waals surface area contributed by atoms with E-state index >= 15 is 0 Å². The monoisotopic (exact) mass is 267 g/mol. The van der Waals surface area contributed by atoms with Crippen molar-refractivity contribution in [2.75, 3.05) is 19.1 Å². The van der Waals surface area contributed by atoms with Gasteiger partial charge in [0.1, 0.15) is 0 Å². The first-order valence-corrected chi connectivity index (χ1v) is 8.43. The van der Waals surface area contributed by atoms with E-state index in [0.717, 1.165) is 6.42 Å². The average Bonchev–Trinajstić information content (AvgIpc) is 3.04. The van der Waals surface area contributed by atoms with Crippen LogP contribution in [-0.4, -0.2) is 34.9 Å². The fourth-order valence-corrected chi connectivity index (χ4v) is 3.24. The molecule has 18 heavy (non-hydrogen) atoms. The predicted octanol–water partition coefficient (Wildman–Crippen LogP) is 2.88. The maximum atomic E-state index is 4.76. The molecule has 0 saturated heterocycles. The molecule has 1 saturated carbocycles. The first-order valence-electron chi connectivity index (χ1n) is 7.03. The zero-order valence-electron chi connectivity index (χ0n) is 11.6. The second-order valence-electron chi connectivity index (χ2n) is 5.20. The minimum atomic E-state index is 0.560. The lowest BCUT2D eigenvalue weighted by Gasteiger charge is -2.14. The van der Waals surface area contributed by atoms with Gasteiger partial charge in [0.05, 0.1) is 11.7 Å². The van der Waals surface area contributed by atoms with Crippen molar-refractivity contribution in [2.45, 2.75) is 50.6 Å². The molecule has 1 aromatic heterocycles. The molecule has 1 aliphatic carbocycles. The van der Waals surface area contributed by atoms with Crippen LogP contribution in [0.2, 0.25) is 0 Å². The molecule has 2 rings (SSSR count). The molecule has 1 aliphatic rings. The normalized spacial score (nSPS) is 18.3. The van der Waals surface area contributed by atoms with Gasteiger partial charge in [-0.1, -0.05) is 12.8 Å². The highest BCUT2D eigenvalue weighted by Crippen LogP contribution is 2.28. The Hall–Kier alpha value is -0.480. The van der Waals surface area contributed by atoms with Gasteiger partial charge in [0.2, 0.25) is 0 Å². The molecule has 0 bridgehead atoms. The number of likely N-dealkylation sites (N-methyl/N-ethyl adjacent to an activating group) is 1. The summed E-state index contributed by atoms with van der Waals surface area (Å²) in [4.78, 5) is 0. The van der Waals surface area contributed by atoms with Crippen LogP contribution in [0.5, 0.6) is 0 Å². The van der Waals surface area contributed by atoms with Crippen molar-refractivity contribution in [2.24, 2.45) is 0 Å². The van der Waals surface area contributed by atoms with E-state index in [1.807, 2.05) is 11.8 Å². The molecule has 1 heterocycles. The predicted molar refractivity (Wildman–Crippen MR) is 79.3 cm³/mol. The Morgan fingerprint density at radius 3 is 2.94 bits per heavy atom. The fourth-order valence-electron chi connectivity index (χ4n) is 2.72. The van der Waals surface area contributed by atoms with Gasteiger partial charge in [0, 0.05) is 18.7 Å². The highest BCUT2D eigenvalue weighted by atomic mass is 32.2. The average molecular weight is 267 g/mol. The maximum absolute atomic E-state index is 4.76. The van der Waals surface area contributed by atoms with E-state index in [2.05, 4.69) is 35.6 Å². The zero-order valence-corrected chi connectivity index (χ0v) is 12.4. The molecule has 3 nitrogen and oxygen atoms in total. The highest BCUT2D eigenvalue weighted by Gasteiger charge is 2.18. The van der Waals surface area contributed by atoms with Crippen molar-refractivity contribution >= 4 is 11.8 Å². The summed E-state index contributed by atoms with van der Waals surface area (Å²) in [5.41, 5.74) is 1.24. The van der Waals surface area contributed by atoms with E-state index in [1.54, 1.807) is 0 Å². The molecular formula is C14H25N3S. The Balaban J connectivity index is 1.88. The van der Waals surface area contributed by atoms with Gasteiger partial charge in [-0.25, -0.2) is 0 Å². The molecule has 0 radical (unpaired) electrons. The minimum Gasteiger partial charge on any atom is -0.317 e. The van der Waals surface area contributed by atoms with Crippen molar-refractivity contribution in [1.29, 1.82) is 0 Å². The second kappa shape index (κ2) is 7.19. The number of nitrogens with one attached hydrogen (secondary N) is 1. The second-order valence-corrected chi connectivity index (χ2v) is 6.18. The maximum Gasteiger partial charge on any atom is 0.0640 e. The molecular weight excluding hydrogens is 242 g/mol. The zero-order chi connectivity index (χ0) is 12.8. The molecule has 0 spiro atoms. The highest BCUT2D eigenvalue weighted by molar-refractivity contribution is 7.98. The van der Waals surface area contributed by atoms with E-state index in [1.165, 1.54) is 43.6 Å². The molecule has 0 amide bonds. The topological polar surface area (TPSA) is 29.9 Å². The Bertz CT molecular complexity index is 345. The van der Waals surface area contributed by atoms with Crippen molar-refractivity contribution in [3.63, 3.8) is 0 Å². The molecule has 1 unspecified atom stereocenters. The molecule has 4 heteroatoms. The number of hydrogen-bond acceptors (Lipinski definition) is 3. The van der Waals surface area contributed by atoms with Crippen molar-refractivity contribution in [1.82, 2.24) is 15.1 Å². The number of rotatable bonds is 7. The van der Waals surface area contributed by atoms with Crippen LogP contribution in [0, 0.1) is 0 Å². The largest absolute Gasteiger partial charge is 0.317 e. The number of hydrogen-bond donors (Lipinski definition) is 1. The molecule has 1 fully saturated rings. The summed E-state index contributed by atoms with van der Waals surface area (Å²) >= 11 is 1.92. The van der Waals surface area contributed by atoms with Crippen molar-refractivity contribution < 1.29 is 0 Å². The van der Waals surface area contributed by atoms with Crippen molar-refractivity contribution in [3.8, 4) is 0 Å². The van der Waals surface area contributed by atoms with Crippen LogP contribution >= 0.6 is 11.8 Å². The van der Waals surface area contributed by atoms with Crippen LogP contribution in [-0.2, 0) is 6.42 Å². The first kappa shape index (κ1) is 13.9. The summed E-state index contributed by atoms with van der Waals surface area (Å²) in [7, 11) is 2.05. The lowest BCUT2D eigenvalue weighted by atomic mass is 10.1. The summed E-state index contributed by atoms with van der Waals surface area (Å²) in [5.74, 6) is 1.22. The third kappa shape index (κ3) is 3.75. The van der Waals surface area contributed by atoms with E-state index in [0.29, 0.717) is 12.1 Å². The Morgan fingerprint density at radius 2 is 2.28 bits per heavy atom. The van der Waals surface area contributed by atoms with E-state index in [-0.39, 0.29) is 0 Å². The standard InChI is InChI=1S/C14H25N3S/c1-15-12(8-10-18-2)11-13-7-9-17(16-13)14-5-3-4-6-14/h7,9,12,14-15H,3-6,8,10-11H2,1-2H3. The fraction of sp³-hybridized carbons (Fsp3) is 0.786. The SMILES string of the molecule is CNC(CCSC)Cc1ccn(C2CCCC2)n1. The van der Waals surface area contributed by atoms with Crippen LogP contribution in [0.25, 0.3) is 0 Å². The van der Waals surface area contributed by atoms with Crippen molar-refractivity contribution in [3.05, 3.63) is 18.0 Å². The molecule has 1 atom stereocenters. The van der Waals surface area contributed by atoms with Crippen LogP contribution in [0.4, 0.5) is 0 Å². The molecule has 0 aromatic carbocycles. The van der Waals surface area contributed by atoms with E-state index in [9.17, 15) is 0 Å². The van der Waals surface area contributed by atoms with Gasteiger partial charge in [-0.05, 0) is 44.4 Å². The summed E-state index contributed by atoms with van der Waals surface area (Å²) < 4.78 is 2.20. The van der Waals surface area contributed by atoms with Gasteiger partial charge in [0.25, 0.3) is 0 Å². The van der Waals surface area contributed by atoms with E-state index < -0.39 is 0 Å². The quantitative estimate of drug-likeness (QED) is 0.824. The Morgan fingerprint density at radius 1 is 1.50 bits per heavy atom. The van der Waals surface area contributed by atoms with Crippen LogP contribution in [0.1, 0.15) is 43.8 Å². The lowest BCUT2D eigenvalue weighted by molar-refractivity contribution is 0.457. The van der Waals surface area contributed by atoms with Gasteiger partial charge in [-0.3, -0.25) is 4.68 Å². The minimum absolute atomic E-state index is 0.560. The molecule has 1 N–H and O–H groups in total. The molecule has 1 aromatic rings. The smallest absolute Gasteiger partial charge is 0.0640 e. The van der Waals surface area contributed by atoms with Gasteiger partial charge in [-0.15, -0.1) is 0 Å². The molecule has 0 aliphatic heterocycles. The van der Waals surface area contributed by atoms with Crippen LogP contribution in [0.3, 0.4) is 0 Å². The lowest BCUT2D eigenvalue weighted by Crippen LogP contribution is -2.28. The number of aromatic nitrogens is 2. The number of thioether (sulfide) groups is 1. The van der Waals surface area contributed by atoms with Gasteiger partial charge >= 0.3 is 0 Å². The van der Waals surface area contributed by atoms with Crippen LogP contribution in [0.15, 0.2) is 12.3 Å². The van der Waals surface area contributed by atoms with Gasteiger partial charge in [-0.2, -0.15) is 16.9 Å².